The van der Waals surface area contributed by atoms with Gasteiger partial charge in [0, 0.05) is 49.5 Å². The quantitative estimate of drug-likeness (QED) is 0.490. The smallest absolute Gasteiger partial charge is 0.151 e. The van der Waals surface area contributed by atoms with Crippen LogP contribution in [0.4, 0.5) is 16.0 Å². The second kappa shape index (κ2) is 11.4. The minimum Gasteiger partial charge on any atom is -0.381 e. The summed E-state index contributed by atoms with van der Waals surface area (Å²) in [6, 6.07) is 8.51. The number of aromatic nitrogens is 2. The molecule has 196 valence electrons. The molecule has 2 saturated heterocycles. The molecule has 1 aliphatic carbocycles. The molecule has 5 rings (SSSR count). The Morgan fingerprint density at radius 3 is 2.69 bits per heavy atom. The lowest BCUT2D eigenvalue weighted by molar-refractivity contribution is 0.0574. The average molecular weight is 497 g/mol. The second-order valence-electron chi connectivity index (χ2n) is 11.0. The molecule has 1 atom stereocenters. The largest absolute Gasteiger partial charge is 0.381 e. The number of pyridine rings is 2. The highest BCUT2D eigenvalue weighted by Crippen LogP contribution is 2.31. The van der Waals surface area contributed by atoms with Crippen LogP contribution in [0.1, 0.15) is 58.3 Å². The lowest BCUT2D eigenvalue weighted by Crippen LogP contribution is -2.50. The lowest BCUT2D eigenvalue weighted by atomic mass is 9.90. The number of nitrogens with two attached hydrogens (primary N) is 1. The molecule has 0 amide bonds. The van der Waals surface area contributed by atoms with E-state index >= 15 is 0 Å². The van der Waals surface area contributed by atoms with E-state index in [2.05, 4.69) is 32.4 Å². The van der Waals surface area contributed by atoms with E-state index in [1.807, 2.05) is 18.2 Å². The van der Waals surface area contributed by atoms with Gasteiger partial charge in [-0.25, -0.2) is 14.4 Å². The fraction of sp³-hybridized carbons (Fsp3) is 0.643. The van der Waals surface area contributed by atoms with Crippen LogP contribution in [0.25, 0.3) is 11.3 Å². The van der Waals surface area contributed by atoms with Crippen LogP contribution in [0.15, 0.2) is 30.5 Å². The Morgan fingerprint density at radius 2 is 1.94 bits per heavy atom. The Bertz CT molecular complexity index is 1010. The maximum absolute atomic E-state index is 14.8. The third-order valence-corrected chi connectivity index (χ3v) is 8.45. The lowest BCUT2D eigenvalue weighted by Gasteiger charge is -2.35. The molecule has 3 fully saturated rings. The number of likely N-dealkylation sites (tertiary alicyclic amines) is 1. The first-order chi connectivity index (χ1) is 17.5. The van der Waals surface area contributed by atoms with Crippen LogP contribution < -0.4 is 16.4 Å². The Labute approximate surface area is 214 Å². The zero-order valence-electron chi connectivity index (χ0n) is 21.5. The fourth-order valence-electron chi connectivity index (χ4n) is 5.94. The Kier molecular flexibility index (Phi) is 8.03. The molecule has 1 saturated carbocycles. The first kappa shape index (κ1) is 25.4. The van der Waals surface area contributed by atoms with Gasteiger partial charge in [0.1, 0.15) is 11.6 Å². The molecule has 0 radical (unpaired) electrons. The molecule has 8 heteroatoms. The molecule has 1 unspecified atom stereocenters. The highest BCUT2D eigenvalue weighted by Gasteiger charge is 2.31. The Morgan fingerprint density at radius 1 is 1.14 bits per heavy atom. The molecule has 2 aliphatic heterocycles. The van der Waals surface area contributed by atoms with Gasteiger partial charge in [-0.15, -0.1) is 0 Å². The van der Waals surface area contributed by atoms with Crippen molar-refractivity contribution in [2.24, 2.45) is 11.7 Å². The maximum atomic E-state index is 14.8. The van der Waals surface area contributed by atoms with E-state index in [1.165, 1.54) is 45.0 Å². The topological polar surface area (TPSA) is 88.3 Å². The van der Waals surface area contributed by atoms with E-state index in [0.29, 0.717) is 54.7 Å². The van der Waals surface area contributed by atoms with Gasteiger partial charge in [-0.05, 0) is 75.6 Å². The van der Waals surface area contributed by atoms with Gasteiger partial charge in [0.05, 0.1) is 11.9 Å². The molecule has 4 N–H and O–H groups in total. The summed E-state index contributed by atoms with van der Waals surface area (Å²) in [5.74, 6) is 1.92. The van der Waals surface area contributed by atoms with Crippen LogP contribution in [-0.2, 0) is 4.74 Å². The van der Waals surface area contributed by atoms with Gasteiger partial charge in [0.2, 0.25) is 0 Å². The highest BCUT2D eigenvalue weighted by atomic mass is 19.1. The summed E-state index contributed by atoms with van der Waals surface area (Å²) in [6.07, 6.45) is 10.2. The van der Waals surface area contributed by atoms with Gasteiger partial charge in [-0.2, -0.15) is 0 Å². The SMILES string of the molecule is CCC1CCN(C2CCC(Nc3cc(-c4cccc(NCC5(N)CCOCC5)n4)c(F)cn3)CC2)C1. The second-order valence-corrected chi connectivity index (χ2v) is 11.0. The van der Waals surface area contributed by atoms with Gasteiger partial charge in [-0.1, -0.05) is 19.4 Å². The van der Waals surface area contributed by atoms with Crippen molar-refractivity contribution in [1.82, 2.24) is 14.9 Å². The zero-order chi connectivity index (χ0) is 25.0. The van der Waals surface area contributed by atoms with Crippen molar-refractivity contribution in [2.45, 2.75) is 75.9 Å². The van der Waals surface area contributed by atoms with Crippen molar-refractivity contribution >= 4 is 11.6 Å². The molecule has 2 aromatic rings. The molecule has 4 heterocycles. The number of hydrogen-bond acceptors (Lipinski definition) is 7. The fourth-order valence-corrected chi connectivity index (χ4v) is 5.94. The molecular weight excluding hydrogens is 455 g/mol. The number of rotatable bonds is 8. The van der Waals surface area contributed by atoms with Gasteiger partial charge >= 0.3 is 0 Å². The Hall–Kier alpha value is -2.29. The molecule has 2 aromatic heterocycles. The van der Waals surface area contributed by atoms with Gasteiger partial charge in [0.15, 0.2) is 5.82 Å². The summed E-state index contributed by atoms with van der Waals surface area (Å²) in [7, 11) is 0. The number of halogens is 1. The van der Waals surface area contributed by atoms with Gasteiger partial charge in [0.25, 0.3) is 0 Å². The molecule has 36 heavy (non-hydrogen) atoms. The first-order valence-corrected chi connectivity index (χ1v) is 13.8. The van der Waals surface area contributed by atoms with Crippen LogP contribution in [0.2, 0.25) is 0 Å². The minimum absolute atomic E-state index is 0.305. The maximum Gasteiger partial charge on any atom is 0.151 e. The summed E-state index contributed by atoms with van der Waals surface area (Å²) in [5, 5.41) is 6.92. The van der Waals surface area contributed by atoms with Crippen molar-refractivity contribution in [3.05, 3.63) is 36.3 Å². The number of hydrogen-bond donors (Lipinski definition) is 3. The van der Waals surface area contributed by atoms with Crippen molar-refractivity contribution in [3.63, 3.8) is 0 Å². The summed E-state index contributed by atoms with van der Waals surface area (Å²) in [5.41, 5.74) is 7.24. The van der Waals surface area contributed by atoms with E-state index in [0.717, 1.165) is 31.6 Å². The third-order valence-electron chi connectivity index (χ3n) is 8.45. The van der Waals surface area contributed by atoms with Crippen molar-refractivity contribution in [3.8, 4) is 11.3 Å². The standard InChI is InChI=1S/C28H41FN6O/c1-2-20-10-13-35(18-20)22-8-6-21(7-9-22)33-27-16-23(24(29)17-31-27)25-4-3-5-26(34-25)32-19-28(30)11-14-36-15-12-28/h3-5,16-17,20-22H,2,6-15,18-19,30H2,1H3,(H,31,33)(H,32,34). The van der Waals surface area contributed by atoms with Crippen molar-refractivity contribution < 1.29 is 9.13 Å². The van der Waals surface area contributed by atoms with Gasteiger partial charge < -0.3 is 26.0 Å². The van der Waals surface area contributed by atoms with E-state index < -0.39 is 0 Å². The highest BCUT2D eigenvalue weighted by molar-refractivity contribution is 5.65. The van der Waals surface area contributed by atoms with E-state index in [-0.39, 0.29) is 11.4 Å². The molecule has 7 nitrogen and oxygen atoms in total. The van der Waals surface area contributed by atoms with E-state index in [1.54, 1.807) is 6.07 Å². The van der Waals surface area contributed by atoms with Crippen molar-refractivity contribution in [2.75, 3.05) is 43.5 Å². The number of nitrogens with one attached hydrogen (secondary N) is 2. The normalized spacial score (nSPS) is 26.6. The zero-order valence-corrected chi connectivity index (χ0v) is 21.5. The van der Waals surface area contributed by atoms with Crippen LogP contribution in [0.3, 0.4) is 0 Å². The predicted octanol–water partition coefficient (Wildman–Crippen LogP) is 4.66. The van der Waals surface area contributed by atoms with Crippen LogP contribution in [0.5, 0.6) is 0 Å². The number of anilines is 2. The van der Waals surface area contributed by atoms with E-state index in [4.69, 9.17) is 10.5 Å². The monoisotopic (exact) mass is 496 g/mol. The van der Waals surface area contributed by atoms with Crippen LogP contribution in [-0.4, -0.2) is 65.3 Å². The minimum atomic E-state index is -0.367. The Balaban J connectivity index is 1.19. The summed E-state index contributed by atoms with van der Waals surface area (Å²) < 4.78 is 20.2. The number of ether oxygens (including phenoxy) is 1. The third kappa shape index (κ3) is 6.15. The molecule has 0 aromatic carbocycles. The predicted molar refractivity (Wildman–Crippen MR) is 143 cm³/mol. The summed E-state index contributed by atoms with van der Waals surface area (Å²) in [6.45, 7) is 6.81. The molecule has 0 spiro atoms. The summed E-state index contributed by atoms with van der Waals surface area (Å²) in [4.78, 5) is 11.7. The first-order valence-electron chi connectivity index (χ1n) is 13.8. The van der Waals surface area contributed by atoms with Crippen LogP contribution in [0, 0.1) is 11.7 Å². The molecular formula is C28H41FN6O. The summed E-state index contributed by atoms with van der Waals surface area (Å²) >= 11 is 0. The average Bonchev–Trinajstić information content (AvgIpc) is 3.39. The van der Waals surface area contributed by atoms with Crippen LogP contribution >= 0.6 is 0 Å². The molecule has 0 bridgehead atoms. The van der Waals surface area contributed by atoms with Gasteiger partial charge in [-0.3, -0.25) is 0 Å². The molecule has 3 aliphatic rings. The number of nitrogens with zero attached hydrogens (tertiary/aromatic N) is 3. The van der Waals surface area contributed by atoms with Crippen molar-refractivity contribution in [1.29, 1.82) is 0 Å². The van der Waals surface area contributed by atoms with E-state index in [9.17, 15) is 4.39 Å².